The Labute approximate surface area is 180 Å². The number of carbonyl (C=O) groups is 2. The molecule has 1 unspecified atom stereocenters. The molecule has 0 saturated heterocycles. The van der Waals surface area contributed by atoms with E-state index in [1.165, 1.54) is 12.5 Å². The lowest BCUT2D eigenvalue weighted by Crippen LogP contribution is -2.39. The number of benzene rings is 1. The largest absolute Gasteiger partial charge is 0.454 e. The van der Waals surface area contributed by atoms with Crippen molar-refractivity contribution in [3.05, 3.63) is 35.4 Å². The van der Waals surface area contributed by atoms with E-state index in [0.29, 0.717) is 37.9 Å². The summed E-state index contributed by atoms with van der Waals surface area (Å²) in [7, 11) is 0. The number of fused-ring (bicyclic) bond motifs is 2. The normalized spacial score (nSPS) is 15.9. The van der Waals surface area contributed by atoms with Gasteiger partial charge in [-0.15, -0.1) is 10.2 Å². The number of hydrogen-bond acceptors (Lipinski definition) is 7. The molecule has 3 heterocycles. The van der Waals surface area contributed by atoms with Gasteiger partial charge in [0.25, 0.3) is 5.91 Å². The Balaban J connectivity index is 1.28. The number of ether oxygens (including phenoxy) is 2. The molecule has 10 heteroatoms. The van der Waals surface area contributed by atoms with E-state index in [2.05, 4.69) is 44.8 Å². The first kappa shape index (κ1) is 21.1. The van der Waals surface area contributed by atoms with E-state index in [-0.39, 0.29) is 18.6 Å². The predicted octanol–water partition coefficient (Wildman–Crippen LogP) is 0.567. The Morgan fingerprint density at radius 2 is 1.94 bits per heavy atom. The zero-order valence-electron chi connectivity index (χ0n) is 17.9. The zero-order chi connectivity index (χ0) is 21.8. The quantitative estimate of drug-likeness (QED) is 0.592. The van der Waals surface area contributed by atoms with Crippen LogP contribution in [-0.4, -0.2) is 64.5 Å². The Hall–Kier alpha value is -3.14. The molecule has 1 aromatic carbocycles. The van der Waals surface area contributed by atoms with Gasteiger partial charge in [0, 0.05) is 39.6 Å². The summed E-state index contributed by atoms with van der Waals surface area (Å²) in [6.45, 7) is 7.81. The van der Waals surface area contributed by atoms with Crippen LogP contribution in [-0.2, 0) is 24.3 Å². The number of amides is 2. The van der Waals surface area contributed by atoms with Crippen molar-refractivity contribution in [3.63, 3.8) is 0 Å². The summed E-state index contributed by atoms with van der Waals surface area (Å²) in [5.74, 6) is 2.81. The van der Waals surface area contributed by atoms with Crippen molar-refractivity contribution in [2.75, 3.05) is 33.0 Å². The van der Waals surface area contributed by atoms with E-state index in [1.54, 1.807) is 0 Å². The molecule has 0 bridgehead atoms. The molecular weight excluding hydrogens is 400 g/mol. The molecule has 0 aliphatic carbocycles. The Morgan fingerprint density at radius 1 is 1.13 bits per heavy atom. The molecule has 31 heavy (non-hydrogen) atoms. The molecular formula is C21H28N6O4. The molecule has 166 valence electrons. The molecule has 2 aliphatic rings. The van der Waals surface area contributed by atoms with Gasteiger partial charge in [0.05, 0.1) is 6.54 Å². The zero-order valence-corrected chi connectivity index (χ0v) is 17.9. The molecule has 1 atom stereocenters. The van der Waals surface area contributed by atoms with Crippen LogP contribution in [0, 0.1) is 5.92 Å². The highest BCUT2D eigenvalue weighted by molar-refractivity contribution is 5.90. The third-order valence-electron chi connectivity index (χ3n) is 5.41. The van der Waals surface area contributed by atoms with E-state index < -0.39 is 0 Å². The molecule has 4 rings (SSSR count). The van der Waals surface area contributed by atoms with Crippen LogP contribution < -0.4 is 20.1 Å². The highest BCUT2D eigenvalue weighted by atomic mass is 16.7. The summed E-state index contributed by atoms with van der Waals surface area (Å²) in [6, 6.07) is 6.12. The van der Waals surface area contributed by atoms with Crippen molar-refractivity contribution in [2.24, 2.45) is 5.92 Å². The lowest BCUT2D eigenvalue weighted by molar-refractivity contribution is -0.118. The van der Waals surface area contributed by atoms with Crippen LogP contribution in [0.3, 0.4) is 0 Å². The highest BCUT2D eigenvalue weighted by Crippen LogP contribution is 2.33. The van der Waals surface area contributed by atoms with Gasteiger partial charge < -0.3 is 24.7 Å². The van der Waals surface area contributed by atoms with Crippen molar-refractivity contribution in [1.82, 2.24) is 30.3 Å². The molecule has 0 fully saturated rings. The fraction of sp³-hybridized carbons (Fsp3) is 0.524. The van der Waals surface area contributed by atoms with Crippen LogP contribution in [0.5, 0.6) is 11.5 Å². The Bertz CT molecular complexity index is 959. The number of nitrogens with one attached hydrogen (secondary N) is 2. The maximum absolute atomic E-state index is 12.4. The summed E-state index contributed by atoms with van der Waals surface area (Å²) in [4.78, 5) is 25.6. The van der Waals surface area contributed by atoms with Gasteiger partial charge in [-0.2, -0.15) is 0 Å². The Kier molecular flexibility index (Phi) is 6.36. The summed E-state index contributed by atoms with van der Waals surface area (Å²) in [5.41, 5.74) is 1.23. The van der Waals surface area contributed by atoms with Crippen molar-refractivity contribution in [3.8, 4) is 11.5 Å². The minimum Gasteiger partial charge on any atom is -0.454 e. The number of rotatable bonds is 8. The summed E-state index contributed by atoms with van der Waals surface area (Å²) in [6.07, 6.45) is 0.946. The third-order valence-corrected chi connectivity index (χ3v) is 5.41. The fourth-order valence-electron chi connectivity index (χ4n) is 4.00. The van der Waals surface area contributed by atoms with E-state index in [4.69, 9.17) is 9.47 Å². The molecule has 2 aromatic rings. The maximum Gasteiger partial charge on any atom is 0.289 e. The van der Waals surface area contributed by atoms with E-state index in [1.807, 2.05) is 10.6 Å². The number of carbonyl (C=O) groups excluding carboxylic acids is 2. The van der Waals surface area contributed by atoms with E-state index in [0.717, 1.165) is 36.8 Å². The number of aromatic nitrogens is 3. The standard InChI is InChI=1S/C21H28N6O4/c1-14(9-16-3-4-17-18(10-16)31-13-30-17)11-26-7-8-27-19(12-26)24-25-20(27)21(29)23-6-5-22-15(2)28/h3-4,10,14H,5-9,11-13H2,1-2H3,(H,22,28)(H,23,29). The first-order chi connectivity index (χ1) is 15.0. The summed E-state index contributed by atoms with van der Waals surface area (Å²) >= 11 is 0. The molecule has 2 amide bonds. The minimum absolute atomic E-state index is 0.123. The van der Waals surface area contributed by atoms with Crippen LogP contribution >= 0.6 is 0 Å². The predicted molar refractivity (Wildman–Crippen MR) is 112 cm³/mol. The average Bonchev–Trinajstić information content (AvgIpc) is 3.37. The van der Waals surface area contributed by atoms with E-state index in [9.17, 15) is 9.59 Å². The lowest BCUT2D eigenvalue weighted by atomic mass is 10.00. The second-order valence-corrected chi connectivity index (χ2v) is 8.06. The van der Waals surface area contributed by atoms with Crippen LogP contribution in [0.1, 0.15) is 35.9 Å². The lowest BCUT2D eigenvalue weighted by Gasteiger charge is -2.29. The fourth-order valence-corrected chi connectivity index (χ4v) is 4.00. The van der Waals surface area contributed by atoms with Crippen molar-refractivity contribution in [2.45, 2.75) is 33.4 Å². The number of nitrogens with zero attached hydrogens (tertiary/aromatic N) is 4. The van der Waals surface area contributed by atoms with Gasteiger partial charge in [0.15, 0.2) is 11.5 Å². The maximum atomic E-state index is 12.4. The highest BCUT2D eigenvalue weighted by Gasteiger charge is 2.25. The topological polar surface area (TPSA) is 111 Å². The van der Waals surface area contributed by atoms with Gasteiger partial charge in [-0.25, -0.2) is 0 Å². The van der Waals surface area contributed by atoms with Crippen molar-refractivity contribution < 1.29 is 19.1 Å². The van der Waals surface area contributed by atoms with Crippen LogP contribution in [0.25, 0.3) is 0 Å². The molecule has 0 saturated carbocycles. The third kappa shape index (κ3) is 5.13. The van der Waals surface area contributed by atoms with Gasteiger partial charge >= 0.3 is 0 Å². The minimum atomic E-state index is -0.270. The van der Waals surface area contributed by atoms with Gasteiger partial charge in [0.1, 0.15) is 5.82 Å². The van der Waals surface area contributed by atoms with Gasteiger partial charge in [0.2, 0.25) is 18.5 Å². The van der Waals surface area contributed by atoms with Gasteiger partial charge in [-0.3, -0.25) is 14.5 Å². The molecule has 10 nitrogen and oxygen atoms in total. The van der Waals surface area contributed by atoms with Gasteiger partial charge in [-0.05, 0) is 30.0 Å². The second-order valence-electron chi connectivity index (χ2n) is 8.06. The molecule has 1 aromatic heterocycles. The first-order valence-electron chi connectivity index (χ1n) is 10.5. The Morgan fingerprint density at radius 3 is 2.77 bits per heavy atom. The second kappa shape index (κ2) is 9.34. The average molecular weight is 428 g/mol. The molecule has 2 N–H and O–H groups in total. The SMILES string of the molecule is CC(=O)NCCNC(=O)c1nnc2n1CCN(CC(C)Cc1ccc3c(c1)OCO3)C2. The first-order valence-corrected chi connectivity index (χ1v) is 10.5. The number of hydrogen-bond donors (Lipinski definition) is 2. The molecule has 2 aliphatic heterocycles. The van der Waals surface area contributed by atoms with Crippen LogP contribution in [0.4, 0.5) is 0 Å². The summed E-state index contributed by atoms with van der Waals surface area (Å²) < 4.78 is 12.7. The molecule has 0 radical (unpaired) electrons. The van der Waals surface area contributed by atoms with Crippen molar-refractivity contribution in [1.29, 1.82) is 0 Å². The van der Waals surface area contributed by atoms with Crippen LogP contribution in [0.15, 0.2) is 18.2 Å². The summed E-state index contributed by atoms with van der Waals surface area (Å²) in [5, 5.41) is 13.7. The van der Waals surface area contributed by atoms with Crippen molar-refractivity contribution >= 4 is 11.8 Å². The molecule has 0 spiro atoms. The van der Waals surface area contributed by atoms with Crippen LogP contribution in [0.2, 0.25) is 0 Å². The smallest absolute Gasteiger partial charge is 0.289 e. The monoisotopic (exact) mass is 428 g/mol. The van der Waals surface area contributed by atoms with E-state index >= 15 is 0 Å². The van der Waals surface area contributed by atoms with Gasteiger partial charge in [-0.1, -0.05) is 13.0 Å².